The van der Waals surface area contributed by atoms with Gasteiger partial charge in [-0.05, 0) is 26.3 Å². The normalized spacial score (nSPS) is 24.0. The van der Waals surface area contributed by atoms with Crippen molar-refractivity contribution in [3.05, 3.63) is 16.1 Å². The molecule has 2 rings (SSSR count). The number of nitrogens with zero attached hydrogens (tertiary/aromatic N) is 1. The van der Waals surface area contributed by atoms with E-state index in [4.69, 9.17) is 4.74 Å². The van der Waals surface area contributed by atoms with Crippen LogP contribution in [0.25, 0.3) is 0 Å². The molecule has 0 amide bonds. The summed E-state index contributed by atoms with van der Waals surface area (Å²) in [6.07, 6.45) is 2.59. The summed E-state index contributed by atoms with van der Waals surface area (Å²) in [5.74, 6) is 0. The van der Waals surface area contributed by atoms with Crippen LogP contribution in [0.15, 0.2) is 5.38 Å². The van der Waals surface area contributed by atoms with Gasteiger partial charge in [-0.1, -0.05) is 0 Å². The van der Waals surface area contributed by atoms with Crippen LogP contribution < -0.4 is 5.32 Å². The fourth-order valence-electron chi connectivity index (χ4n) is 1.69. The van der Waals surface area contributed by atoms with E-state index in [2.05, 4.69) is 15.7 Å². The Hall–Kier alpha value is -0.450. The highest BCUT2D eigenvalue weighted by atomic mass is 32.1. The van der Waals surface area contributed by atoms with Crippen molar-refractivity contribution in [2.75, 3.05) is 13.7 Å². The lowest BCUT2D eigenvalue weighted by atomic mass is 10.2. The van der Waals surface area contributed by atoms with Crippen LogP contribution in [0.4, 0.5) is 0 Å². The number of hydrogen-bond acceptors (Lipinski definition) is 4. The zero-order valence-electron chi connectivity index (χ0n) is 8.62. The molecule has 1 saturated heterocycles. The molecule has 4 heteroatoms. The largest absolute Gasteiger partial charge is 0.375 e. The molecule has 1 N–H and O–H groups in total. The molecule has 14 heavy (non-hydrogen) atoms. The van der Waals surface area contributed by atoms with E-state index in [1.165, 1.54) is 18.5 Å². The predicted molar refractivity (Wildman–Crippen MR) is 57.5 cm³/mol. The van der Waals surface area contributed by atoms with Crippen molar-refractivity contribution in [1.82, 2.24) is 10.3 Å². The van der Waals surface area contributed by atoms with Crippen molar-refractivity contribution in [2.24, 2.45) is 0 Å². The first-order valence-electron chi connectivity index (χ1n) is 5.02. The van der Waals surface area contributed by atoms with Gasteiger partial charge in [0, 0.05) is 12.5 Å². The topological polar surface area (TPSA) is 34.1 Å². The van der Waals surface area contributed by atoms with Crippen molar-refractivity contribution in [3.8, 4) is 0 Å². The Morgan fingerprint density at radius 2 is 2.57 bits per heavy atom. The van der Waals surface area contributed by atoms with Crippen LogP contribution in [-0.4, -0.2) is 18.6 Å². The minimum Gasteiger partial charge on any atom is -0.375 e. The molecule has 2 atom stereocenters. The highest BCUT2D eigenvalue weighted by Gasteiger charge is 2.20. The number of nitrogens with one attached hydrogen (secondary N) is 1. The van der Waals surface area contributed by atoms with Crippen molar-refractivity contribution >= 4 is 11.3 Å². The summed E-state index contributed by atoms with van der Waals surface area (Å²) in [7, 11) is 1.72. The summed E-state index contributed by atoms with van der Waals surface area (Å²) < 4.78 is 5.24. The number of ether oxygens (including phenoxy) is 1. The second-order valence-corrected chi connectivity index (χ2v) is 4.53. The van der Waals surface area contributed by atoms with Gasteiger partial charge in [0.05, 0.1) is 11.7 Å². The minimum atomic E-state index is 0.121. The monoisotopic (exact) mass is 212 g/mol. The third-order valence-electron chi connectivity index (χ3n) is 2.66. The molecule has 0 radical (unpaired) electrons. The van der Waals surface area contributed by atoms with Gasteiger partial charge < -0.3 is 10.1 Å². The second-order valence-electron chi connectivity index (χ2n) is 3.64. The standard InChI is InChI=1S/C10H16N2OS/c1-7(13-2)10-12-9(6-14-10)8-4-3-5-11-8/h6-8,11H,3-5H2,1-2H3. The molecular weight excluding hydrogens is 196 g/mol. The molecular formula is C10H16N2OS. The maximum atomic E-state index is 5.24. The van der Waals surface area contributed by atoms with E-state index in [0.717, 1.165) is 11.6 Å². The van der Waals surface area contributed by atoms with Gasteiger partial charge in [0.25, 0.3) is 0 Å². The Labute approximate surface area is 88.5 Å². The van der Waals surface area contributed by atoms with Crippen LogP contribution in [0.2, 0.25) is 0 Å². The van der Waals surface area contributed by atoms with E-state index in [9.17, 15) is 0 Å². The number of methoxy groups -OCH3 is 1. The molecule has 1 aliphatic rings. The average Bonchev–Trinajstić information content (AvgIpc) is 2.86. The van der Waals surface area contributed by atoms with Crippen LogP contribution in [0, 0.1) is 0 Å². The number of hydrogen-bond donors (Lipinski definition) is 1. The van der Waals surface area contributed by atoms with Crippen LogP contribution in [-0.2, 0) is 4.74 Å². The summed E-state index contributed by atoms with van der Waals surface area (Å²) in [4.78, 5) is 4.59. The van der Waals surface area contributed by atoms with Crippen molar-refractivity contribution in [2.45, 2.75) is 31.9 Å². The molecule has 0 bridgehead atoms. The molecule has 0 aromatic carbocycles. The third-order valence-corrected chi connectivity index (χ3v) is 3.68. The third kappa shape index (κ3) is 1.97. The van der Waals surface area contributed by atoms with E-state index in [1.54, 1.807) is 18.4 Å². The molecule has 2 unspecified atom stereocenters. The molecule has 1 aliphatic heterocycles. The van der Waals surface area contributed by atoms with E-state index in [-0.39, 0.29) is 6.10 Å². The lowest BCUT2D eigenvalue weighted by Gasteiger charge is -2.06. The lowest BCUT2D eigenvalue weighted by molar-refractivity contribution is 0.119. The van der Waals surface area contributed by atoms with Gasteiger partial charge in [-0.3, -0.25) is 0 Å². The summed E-state index contributed by atoms with van der Waals surface area (Å²) in [5.41, 5.74) is 1.19. The second kappa shape index (κ2) is 4.38. The SMILES string of the molecule is COC(C)c1nc(C2CCCN2)cs1. The predicted octanol–water partition coefficient (Wildman–Crippen LogP) is 2.28. The van der Waals surface area contributed by atoms with E-state index < -0.39 is 0 Å². The van der Waals surface area contributed by atoms with Crippen molar-refractivity contribution < 1.29 is 4.74 Å². The molecule has 1 aromatic rings. The smallest absolute Gasteiger partial charge is 0.122 e. The van der Waals surface area contributed by atoms with Gasteiger partial charge in [-0.25, -0.2) is 4.98 Å². The van der Waals surface area contributed by atoms with Crippen LogP contribution in [0.3, 0.4) is 0 Å². The molecule has 0 saturated carbocycles. The minimum absolute atomic E-state index is 0.121. The fourth-order valence-corrected chi connectivity index (χ4v) is 2.59. The summed E-state index contributed by atoms with van der Waals surface area (Å²) in [6, 6.07) is 0.476. The Kier molecular flexibility index (Phi) is 3.15. The van der Waals surface area contributed by atoms with Gasteiger partial charge in [0.15, 0.2) is 0 Å². The lowest BCUT2D eigenvalue weighted by Crippen LogP contribution is -2.13. The van der Waals surface area contributed by atoms with Gasteiger partial charge in [-0.2, -0.15) is 0 Å². The first-order chi connectivity index (χ1) is 6.81. The number of rotatable bonds is 3. The molecule has 0 aliphatic carbocycles. The maximum Gasteiger partial charge on any atom is 0.122 e. The molecule has 1 fully saturated rings. The zero-order chi connectivity index (χ0) is 9.97. The van der Waals surface area contributed by atoms with E-state index >= 15 is 0 Å². The fraction of sp³-hybridized carbons (Fsp3) is 0.700. The first-order valence-corrected chi connectivity index (χ1v) is 5.90. The highest BCUT2D eigenvalue weighted by molar-refractivity contribution is 7.09. The number of aromatic nitrogens is 1. The van der Waals surface area contributed by atoms with E-state index in [0.29, 0.717) is 6.04 Å². The quantitative estimate of drug-likeness (QED) is 0.834. The molecule has 0 spiro atoms. The molecule has 78 valence electrons. The summed E-state index contributed by atoms with van der Waals surface area (Å²) in [6.45, 7) is 3.15. The first kappa shape index (κ1) is 10.1. The Balaban J connectivity index is 2.08. The summed E-state index contributed by atoms with van der Waals surface area (Å²) >= 11 is 1.69. The molecule has 1 aromatic heterocycles. The highest BCUT2D eigenvalue weighted by Crippen LogP contribution is 2.27. The zero-order valence-corrected chi connectivity index (χ0v) is 9.43. The number of thiazole rings is 1. The van der Waals surface area contributed by atoms with Gasteiger partial charge in [-0.15, -0.1) is 11.3 Å². The van der Waals surface area contributed by atoms with Gasteiger partial charge in [0.2, 0.25) is 0 Å². The van der Waals surface area contributed by atoms with Crippen LogP contribution in [0.1, 0.15) is 42.6 Å². The molecule has 2 heterocycles. The Morgan fingerprint density at radius 3 is 3.21 bits per heavy atom. The van der Waals surface area contributed by atoms with Gasteiger partial charge in [0.1, 0.15) is 11.1 Å². The maximum absolute atomic E-state index is 5.24. The molecule has 3 nitrogen and oxygen atoms in total. The average molecular weight is 212 g/mol. The van der Waals surface area contributed by atoms with Crippen LogP contribution >= 0.6 is 11.3 Å². The Morgan fingerprint density at radius 1 is 1.71 bits per heavy atom. The van der Waals surface area contributed by atoms with Crippen molar-refractivity contribution in [3.63, 3.8) is 0 Å². The van der Waals surface area contributed by atoms with Crippen LogP contribution in [0.5, 0.6) is 0 Å². The Bertz CT molecular complexity index is 294. The van der Waals surface area contributed by atoms with E-state index in [1.807, 2.05) is 6.92 Å². The van der Waals surface area contributed by atoms with Gasteiger partial charge >= 0.3 is 0 Å². The summed E-state index contributed by atoms with van der Waals surface area (Å²) in [5, 5.41) is 6.67. The van der Waals surface area contributed by atoms with Crippen molar-refractivity contribution in [1.29, 1.82) is 0 Å².